The van der Waals surface area contributed by atoms with Crippen LogP contribution in [0.2, 0.25) is 0 Å². The monoisotopic (exact) mass is 266 g/mol. The largest absolute Gasteiger partial charge is 0.484 e. The van der Waals surface area contributed by atoms with Gasteiger partial charge >= 0.3 is 0 Å². The van der Waals surface area contributed by atoms with Crippen molar-refractivity contribution >= 4 is 23.1 Å². The summed E-state index contributed by atoms with van der Waals surface area (Å²) in [5.74, 6) is 0.600. The van der Waals surface area contributed by atoms with E-state index in [1.807, 2.05) is 6.92 Å². The lowest BCUT2D eigenvalue weighted by Gasteiger charge is -2.16. The molecule has 0 aliphatic rings. The minimum absolute atomic E-state index is 0.0322. The van der Waals surface area contributed by atoms with Gasteiger partial charge in [0.2, 0.25) is 0 Å². The van der Waals surface area contributed by atoms with E-state index in [-0.39, 0.29) is 12.5 Å². The highest BCUT2D eigenvalue weighted by Crippen LogP contribution is 2.12. The molecule has 0 bridgehead atoms. The van der Waals surface area contributed by atoms with Crippen molar-refractivity contribution in [1.29, 1.82) is 0 Å². The third kappa shape index (κ3) is 4.33. The van der Waals surface area contributed by atoms with Crippen molar-refractivity contribution < 1.29 is 9.53 Å². The normalized spacial score (nSPS) is 9.89. The molecule has 0 saturated heterocycles. The predicted octanol–water partition coefficient (Wildman–Crippen LogP) is 1.57. The summed E-state index contributed by atoms with van der Waals surface area (Å²) in [5.41, 5.74) is 6.27. The Kier molecular flexibility index (Phi) is 5.58. The van der Waals surface area contributed by atoms with Crippen LogP contribution in [-0.4, -0.2) is 36.0 Å². The van der Waals surface area contributed by atoms with E-state index in [2.05, 4.69) is 0 Å². The molecule has 0 aromatic heterocycles. The zero-order valence-corrected chi connectivity index (χ0v) is 11.5. The van der Waals surface area contributed by atoms with Crippen molar-refractivity contribution in [1.82, 2.24) is 4.90 Å². The number of ether oxygens (including phenoxy) is 1. The number of nitrogens with two attached hydrogens (primary N) is 1. The Morgan fingerprint density at radius 2 is 2.00 bits per heavy atom. The highest BCUT2D eigenvalue weighted by molar-refractivity contribution is 7.80. The van der Waals surface area contributed by atoms with Gasteiger partial charge < -0.3 is 15.4 Å². The quantitative estimate of drug-likeness (QED) is 0.794. The van der Waals surface area contributed by atoms with Crippen LogP contribution < -0.4 is 10.5 Å². The van der Waals surface area contributed by atoms with Crippen LogP contribution in [0.15, 0.2) is 24.3 Å². The van der Waals surface area contributed by atoms with Gasteiger partial charge in [0.05, 0.1) is 0 Å². The minimum atomic E-state index is -0.0322. The molecule has 1 amide bonds. The van der Waals surface area contributed by atoms with Gasteiger partial charge in [0.15, 0.2) is 6.61 Å². The standard InChI is InChI=1S/C13H18N2O2S/c1-3-8-15(2)12(16)9-17-11-6-4-10(5-7-11)13(14)18/h4-7H,3,8-9H2,1-2H3,(H2,14,18). The second-order valence-electron chi connectivity index (χ2n) is 3.99. The van der Waals surface area contributed by atoms with Crippen molar-refractivity contribution in [2.24, 2.45) is 5.73 Å². The van der Waals surface area contributed by atoms with E-state index in [1.54, 1.807) is 36.2 Å². The maximum Gasteiger partial charge on any atom is 0.260 e. The highest BCUT2D eigenvalue weighted by Gasteiger charge is 2.08. The first-order chi connectivity index (χ1) is 8.54. The number of rotatable bonds is 6. The number of hydrogen-bond donors (Lipinski definition) is 1. The van der Waals surface area contributed by atoms with Crippen molar-refractivity contribution in [3.05, 3.63) is 29.8 Å². The van der Waals surface area contributed by atoms with E-state index in [0.717, 1.165) is 18.5 Å². The number of hydrogen-bond acceptors (Lipinski definition) is 3. The van der Waals surface area contributed by atoms with Crippen LogP contribution in [0, 0.1) is 0 Å². The zero-order valence-electron chi connectivity index (χ0n) is 10.7. The number of nitrogens with zero attached hydrogens (tertiary/aromatic N) is 1. The first-order valence-electron chi connectivity index (χ1n) is 5.81. The van der Waals surface area contributed by atoms with Gasteiger partial charge in [0.1, 0.15) is 10.7 Å². The molecule has 0 atom stereocenters. The van der Waals surface area contributed by atoms with Crippen LogP contribution >= 0.6 is 12.2 Å². The SMILES string of the molecule is CCCN(C)C(=O)COc1ccc(C(N)=S)cc1. The highest BCUT2D eigenvalue weighted by atomic mass is 32.1. The molecule has 98 valence electrons. The molecule has 1 aromatic rings. The molecule has 4 nitrogen and oxygen atoms in total. The molecule has 0 saturated carbocycles. The molecule has 5 heteroatoms. The Bertz CT molecular complexity index is 418. The van der Waals surface area contributed by atoms with Gasteiger partial charge in [-0.1, -0.05) is 19.1 Å². The minimum Gasteiger partial charge on any atom is -0.484 e. The number of carbonyl (C=O) groups excluding carboxylic acids is 1. The fourth-order valence-corrected chi connectivity index (χ4v) is 1.57. The third-order valence-electron chi connectivity index (χ3n) is 2.49. The maximum atomic E-state index is 11.6. The number of likely N-dealkylation sites (N-methyl/N-ethyl adjacent to an activating group) is 1. The van der Waals surface area contributed by atoms with Gasteiger partial charge in [-0.15, -0.1) is 0 Å². The molecule has 0 fully saturated rings. The molecule has 0 radical (unpaired) electrons. The van der Waals surface area contributed by atoms with Gasteiger partial charge in [0, 0.05) is 19.2 Å². The summed E-state index contributed by atoms with van der Waals surface area (Å²) in [6.45, 7) is 2.81. The van der Waals surface area contributed by atoms with Crippen LogP contribution in [0.4, 0.5) is 0 Å². The van der Waals surface area contributed by atoms with Crippen molar-refractivity contribution in [2.45, 2.75) is 13.3 Å². The summed E-state index contributed by atoms with van der Waals surface area (Å²) >= 11 is 4.85. The smallest absolute Gasteiger partial charge is 0.260 e. The van der Waals surface area contributed by atoms with Crippen molar-refractivity contribution in [2.75, 3.05) is 20.2 Å². The van der Waals surface area contributed by atoms with Crippen LogP contribution in [-0.2, 0) is 4.79 Å². The topological polar surface area (TPSA) is 55.6 Å². The second kappa shape index (κ2) is 6.96. The van der Waals surface area contributed by atoms with Gasteiger partial charge in [-0.2, -0.15) is 0 Å². The van der Waals surface area contributed by atoms with E-state index in [9.17, 15) is 4.79 Å². The molecular weight excluding hydrogens is 248 g/mol. The number of carbonyl (C=O) groups is 1. The average Bonchev–Trinajstić information content (AvgIpc) is 2.36. The first-order valence-corrected chi connectivity index (χ1v) is 6.22. The molecular formula is C13H18N2O2S. The summed E-state index contributed by atoms with van der Waals surface area (Å²) < 4.78 is 5.39. The van der Waals surface area contributed by atoms with Crippen LogP contribution in [0.5, 0.6) is 5.75 Å². The molecule has 1 aromatic carbocycles. The van der Waals surface area contributed by atoms with Gasteiger partial charge in [-0.25, -0.2) is 0 Å². The molecule has 1 rings (SSSR count). The molecule has 0 spiro atoms. The van der Waals surface area contributed by atoms with Crippen LogP contribution in [0.3, 0.4) is 0 Å². The summed E-state index contributed by atoms with van der Waals surface area (Å²) in [5, 5.41) is 0. The lowest BCUT2D eigenvalue weighted by molar-refractivity contribution is -0.132. The number of amides is 1. The lowest BCUT2D eigenvalue weighted by Crippen LogP contribution is -2.31. The lowest BCUT2D eigenvalue weighted by atomic mass is 10.2. The van der Waals surface area contributed by atoms with E-state index in [1.165, 1.54) is 0 Å². The Labute approximate surface area is 113 Å². The molecule has 0 heterocycles. The Hall–Kier alpha value is -1.62. The maximum absolute atomic E-state index is 11.6. The van der Waals surface area contributed by atoms with Crippen LogP contribution in [0.25, 0.3) is 0 Å². The van der Waals surface area contributed by atoms with Gasteiger partial charge in [0.25, 0.3) is 5.91 Å². The molecule has 0 aliphatic heterocycles. The molecule has 18 heavy (non-hydrogen) atoms. The van der Waals surface area contributed by atoms with Crippen LogP contribution in [0.1, 0.15) is 18.9 Å². The van der Waals surface area contributed by atoms with Gasteiger partial charge in [-0.3, -0.25) is 4.79 Å². The van der Waals surface area contributed by atoms with Crippen molar-refractivity contribution in [3.63, 3.8) is 0 Å². The fraction of sp³-hybridized carbons (Fsp3) is 0.385. The zero-order chi connectivity index (χ0) is 13.5. The predicted molar refractivity (Wildman–Crippen MR) is 75.8 cm³/mol. The van der Waals surface area contributed by atoms with E-state index >= 15 is 0 Å². The summed E-state index contributed by atoms with van der Waals surface area (Å²) in [6, 6.07) is 7.05. The average molecular weight is 266 g/mol. The number of benzene rings is 1. The molecule has 2 N–H and O–H groups in total. The molecule has 0 aliphatic carbocycles. The summed E-state index contributed by atoms with van der Waals surface area (Å²) in [4.78, 5) is 13.6. The van der Waals surface area contributed by atoms with Gasteiger partial charge in [-0.05, 0) is 30.7 Å². The van der Waals surface area contributed by atoms with Crippen molar-refractivity contribution in [3.8, 4) is 5.75 Å². The Morgan fingerprint density at radius 3 is 2.50 bits per heavy atom. The van der Waals surface area contributed by atoms with E-state index in [0.29, 0.717) is 10.7 Å². The van der Waals surface area contributed by atoms with E-state index in [4.69, 9.17) is 22.7 Å². The fourth-order valence-electron chi connectivity index (χ4n) is 1.43. The van der Waals surface area contributed by atoms with E-state index < -0.39 is 0 Å². The number of thiocarbonyl (C=S) groups is 1. The Balaban J connectivity index is 2.48. The second-order valence-corrected chi connectivity index (χ2v) is 4.43. The first kappa shape index (κ1) is 14.4. The Morgan fingerprint density at radius 1 is 1.39 bits per heavy atom. The summed E-state index contributed by atoms with van der Waals surface area (Å²) in [7, 11) is 1.77. The molecule has 0 unspecified atom stereocenters. The summed E-state index contributed by atoms with van der Waals surface area (Å²) in [6.07, 6.45) is 0.935. The third-order valence-corrected chi connectivity index (χ3v) is 2.72.